The minimum atomic E-state index is -0.426. The molecule has 28 heavy (non-hydrogen) atoms. The third-order valence-corrected chi connectivity index (χ3v) is 5.85. The highest BCUT2D eigenvalue weighted by atomic mass is 79.9. The monoisotopic (exact) mass is 455 g/mol. The Morgan fingerprint density at radius 2 is 1.89 bits per heavy atom. The van der Waals surface area contributed by atoms with Crippen molar-refractivity contribution in [2.24, 2.45) is 0 Å². The van der Waals surface area contributed by atoms with E-state index in [1.165, 1.54) is 4.52 Å². The third-order valence-electron chi connectivity index (χ3n) is 4.17. The molecule has 0 aliphatic heterocycles. The van der Waals surface area contributed by atoms with Gasteiger partial charge in [0, 0.05) is 10.9 Å². The van der Waals surface area contributed by atoms with Gasteiger partial charge in [0.25, 0.3) is 11.1 Å². The molecule has 0 saturated carbocycles. The van der Waals surface area contributed by atoms with Crippen molar-refractivity contribution >= 4 is 38.3 Å². The van der Waals surface area contributed by atoms with Gasteiger partial charge in [-0.15, -0.1) is 0 Å². The average Bonchev–Trinajstić information content (AvgIpc) is 2.99. The molecule has 6 nitrogen and oxygen atoms in total. The van der Waals surface area contributed by atoms with Crippen LogP contribution in [0, 0.1) is 0 Å². The topological polar surface area (TPSA) is 73.6 Å². The number of halogens is 1. The van der Waals surface area contributed by atoms with Crippen molar-refractivity contribution in [3.63, 3.8) is 0 Å². The molecule has 8 heteroatoms. The van der Waals surface area contributed by atoms with Crippen LogP contribution in [0.15, 0.2) is 62.6 Å². The largest absolute Gasteiger partial charge is 0.497 e. The molecule has 0 spiro atoms. The first-order chi connectivity index (χ1) is 13.5. The highest BCUT2D eigenvalue weighted by Crippen LogP contribution is 2.16. The molecule has 4 rings (SSSR count). The summed E-state index contributed by atoms with van der Waals surface area (Å²) >= 11 is 4.61. The Bertz CT molecular complexity index is 1330. The van der Waals surface area contributed by atoms with Crippen molar-refractivity contribution < 1.29 is 4.74 Å². The summed E-state index contributed by atoms with van der Waals surface area (Å²) in [6.07, 6.45) is 2.05. The van der Waals surface area contributed by atoms with E-state index in [4.69, 9.17) is 4.74 Å². The molecule has 0 aliphatic rings. The molecule has 0 radical (unpaired) electrons. The molecule has 0 saturated heterocycles. The van der Waals surface area contributed by atoms with E-state index < -0.39 is 5.56 Å². The zero-order valence-electron chi connectivity index (χ0n) is 14.8. The SMILES string of the molecule is COc1ccc(Cc2nn3c(=O)/c(=C\c4ccccc4Br)sc3nc2=O)cc1. The first-order valence-electron chi connectivity index (χ1n) is 8.37. The van der Waals surface area contributed by atoms with Gasteiger partial charge in [-0.1, -0.05) is 57.6 Å². The van der Waals surface area contributed by atoms with Crippen LogP contribution in [0.5, 0.6) is 5.75 Å². The van der Waals surface area contributed by atoms with E-state index in [0.717, 1.165) is 32.7 Å². The highest BCUT2D eigenvalue weighted by Gasteiger charge is 2.12. The van der Waals surface area contributed by atoms with Crippen LogP contribution < -0.4 is 20.4 Å². The Morgan fingerprint density at radius 1 is 1.14 bits per heavy atom. The molecule has 0 amide bonds. The number of rotatable bonds is 4. The molecule has 0 aliphatic carbocycles. The van der Waals surface area contributed by atoms with Gasteiger partial charge in [-0.25, -0.2) is 0 Å². The van der Waals surface area contributed by atoms with E-state index in [0.29, 0.717) is 4.53 Å². The summed E-state index contributed by atoms with van der Waals surface area (Å²) in [7, 11) is 1.59. The number of hydrogen-bond donors (Lipinski definition) is 0. The Labute approximate surface area is 171 Å². The molecule has 0 unspecified atom stereocenters. The van der Waals surface area contributed by atoms with Gasteiger partial charge in [0.1, 0.15) is 11.4 Å². The van der Waals surface area contributed by atoms with Crippen LogP contribution in [0.25, 0.3) is 11.0 Å². The van der Waals surface area contributed by atoms with Crippen molar-refractivity contribution in [2.45, 2.75) is 6.42 Å². The minimum absolute atomic E-state index is 0.227. The lowest BCUT2D eigenvalue weighted by molar-refractivity contribution is 0.414. The van der Waals surface area contributed by atoms with E-state index in [-0.39, 0.29) is 22.6 Å². The van der Waals surface area contributed by atoms with Gasteiger partial charge in [0.05, 0.1) is 11.6 Å². The van der Waals surface area contributed by atoms with Crippen LogP contribution in [-0.4, -0.2) is 21.7 Å². The third kappa shape index (κ3) is 3.61. The van der Waals surface area contributed by atoms with E-state index in [1.807, 2.05) is 48.5 Å². The second-order valence-corrected chi connectivity index (χ2v) is 7.88. The minimum Gasteiger partial charge on any atom is -0.497 e. The molecule has 2 aromatic carbocycles. The maximum absolute atomic E-state index is 12.7. The lowest BCUT2D eigenvalue weighted by atomic mass is 10.1. The van der Waals surface area contributed by atoms with Gasteiger partial charge < -0.3 is 4.74 Å². The van der Waals surface area contributed by atoms with E-state index in [1.54, 1.807) is 13.2 Å². The molecule has 140 valence electrons. The van der Waals surface area contributed by atoms with Gasteiger partial charge in [-0.2, -0.15) is 14.6 Å². The van der Waals surface area contributed by atoms with Crippen molar-refractivity contribution in [2.75, 3.05) is 7.11 Å². The van der Waals surface area contributed by atoms with Crippen molar-refractivity contribution in [3.05, 3.63) is 95.1 Å². The number of hydrogen-bond acceptors (Lipinski definition) is 6. The highest BCUT2D eigenvalue weighted by molar-refractivity contribution is 9.10. The van der Waals surface area contributed by atoms with Crippen LogP contribution in [0.1, 0.15) is 16.8 Å². The summed E-state index contributed by atoms with van der Waals surface area (Å²) in [5, 5.41) is 4.27. The molecule has 2 heterocycles. The summed E-state index contributed by atoms with van der Waals surface area (Å²) in [5.41, 5.74) is 1.26. The predicted molar refractivity (Wildman–Crippen MR) is 112 cm³/mol. The molecule has 0 N–H and O–H groups in total. The second kappa shape index (κ2) is 7.65. The molecule has 0 atom stereocenters. The Morgan fingerprint density at radius 3 is 2.61 bits per heavy atom. The van der Waals surface area contributed by atoms with Crippen LogP contribution >= 0.6 is 27.3 Å². The van der Waals surface area contributed by atoms with Gasteiger partial charge in [0.15, 0.2) is 0 Å². The number of fused-ring (bicyclic) bond motifs is 1. The number of benzene rings is 2. The molecular weight excluding hydrogens is 442 g/mol. The fourth-order valence-corrected chi connectivity index (χ4v) is 4.02. The van der Waals surface area contributed by atoms with Crippen LogP contribution in [0.3, 0.4) is 0 Å². The molecule has 0 bridgehead atoms. The average molecular weight is 456 g/mol. The Kier molecular flexibility index (Phi) is 5.06. The summed E-state index contributed by atoms with van der Waals surface area (Å²) in [6, 6.07) is 14.9. The molecule has 4 aromatic rings. The molecular formula is C20H14BrN3O3S. The van der Waals surface area contributed by atoms with E-state index in [9.17, 15) is 9.59 Å². The fourth-order valence-electron chi connectivity index (χ4n) is 2.72. The molecule has 2 aromatic heterocycles. The summed E-state index contributed by atoms with van der Waals surface area (Å²) in [4.78, 5) is 29.5. The normalized spacial score (nSPS) is 11.9. The zero-order chi connectivity index (χ0) is 19.7. The number of methoxy groups -OCH3 is 1. The number of nitrogens with zero attached hydrogens (tertiary/aromatic N) is 3. The van der Waals surface area contributed by atoms with Gasteiger partial charge in [0.2, 0.25) is 4.96 Å². The lowest BCUT2D eigenvalue weighted by Gasteiger charge is -2.02. The predicted octanol–water partition coefficient (Wildman–Crippen LogP) is 2.42. The standard InChI is InChI=1S/C20H14BrN3O3S/c1-27-14-8-6-12(7-9-14)10-16-18(25)22-20-24(23-16)19(26)17(28-20)11-13-4-2-3-5-15(13)21/h2-9,11H,10H2,1H3/b17-11+. The van der Waals surface area contributed by atoms with E-state index >= 15 is 0 Å². The van der Waals surface area contributed by atoms with Crippen LogP contribution in [-0.2, 0) is 6.42 Å². The number of thiazole rings is 1. The summed E-state index contributed by atoms with van der Waals surface area (Å²) < 4.78 is 7.68. The van der Waals surface area contributed by atoms with Crippen molar-refractivity contribution in [1.82, 2.24) is 14.6 Å². The zero-order valence-corrected chi connectivity index (χ0v) is 17.2. The quantitative estimate of drug-likeness (QED) is 0.472. The lowest BCUT2D eigenvalue weighted by Crippen LogP contribution is -2.28. The van der Waals surface area contributed by atoms with Gasteiger partial charge in [-0.05, 0) is 35.4 Å². The van der Waals surface area contributed by atoms with Crippen LogP contribution in [0.4, 0.5) is 0 Å². The second-order valence-electron chi connectivity index (χ2n) is 6.02. The first kappa shape index (κ1) is 18.5. The number of aromatic nitrogens is 3. The number of ether oxygens (including phenoxy) is 1. The van der Waals surface area contributed by atoms with Crippen molar-refractivity contribution in [1.29, 1.82) is 0 Å². The maximum atomic E-state index is 12.7. The fraction of sp³-hybridized carbons (Fsp3) is 0.100. The Balaban J connectivity index is 1.78. The van der Waals surface area contributed by atoms with Gasteiger partial charge in [-0.3, -0.25) is 9.59 Å². The maximum Gasteiger partial charge on any atom is 0.296 e. The van der Waals surface area contributed by atoms with Crippen molar-refractivity contribution in [3.8, 4) is 5.75 Å². The summed E-state index contributed by atoms with van der Waals surface area (Å²) in [5.74, 6) is 0.730. The van der Waals surface area contributed by atoms with Crippen LogP contribution in [0.2, 0.25) is 0 Å². The molecule has 0 fully saturated rings. The smallest absolute Gasteiger partial charge is 0.296 e. The van der Waals surface area contributed by atoms with E-state index in [2.05, 4.69) is 26.0 Å². The van der Waals surface area contributed by atoms with Gasteiger partial charge >= 0.3 is 0 Å². The summed E-state index contributed by atoms with van der Waals surface area (Å²) in [6.45, 7) is 0. The first-order valence-corrected chi connectivity index (χ1v) is 9.98. The Hall–Kier alpha value is -2.84.